The van der Waals surface area contributed by atoms with Gasteiger partial charge in [0, 0.05) is 30.6 Å². The van der Waals surface area contributed by atoms with Crippen LogP contribution in [-0.2, 0) is 4.74 Å². The third-order valence-electron chi connectivity index (χ3n) is 5.09. The van der Waals surface area contributed by atoms with E-state index in [4.69, 9.17) is 4.74 Å². The molecule has 1 aromatic heterocycles. The van der Waals surface area contributed by atoms with Crippen LogP contribution >= 0.6 is 0 Å². The largest absolute Gasteiger partial charge is 0.376 e. The maximum absolute atomic E-state index is 13.1. The van der Waals surface area contributed by atoms with E-state index in [0.29, 0.717) is 13.1 Å². The number of likely N-dealkylation sites (N-methyl/N-ethyl adjacent to an activating group) is 1. The minimum absolute atomic E-state index is 0.0810. The molecular formula is C20H28N2O2. The first-order valence-corrected chi connectivity index (χ1v) is 9.01. The van der Waals surface area contributed by atoms with Crippen LogP contribution in [0, 0.1) is 20.8 Å². The summed E-state index contributed by atoms with van der Waals surface area (Å²) < 4.78 is 5.82. The zero-order valence-corrected chi connectivity index (χ0v) is 15.2. The van der Waals surface area contributed by atoms with Gasteiger partial charge in [0.15, 0.2) is 0 Å². The number of H-pyrrole nitrogens is 1. The van der Waals surface area contributed by atoms with Gasteiger partial charge in [-0.15, -0.1) is 0 Å². The number of hydrogen-bond acceptors (Lipinski definition) is 2. The van der Waals surface area contributed by atoms with Crippen molar-refractivity contribution in [1.29, 1.82) is 0 Å². The lowest BCUT2D eigenvalue weighted by atomic mass is 10.1. The highest BCUT2D eigenvalue weighted by molar-refractivity contribution is 6.01. The van der Waals surface area contributed by atoms with Gasteiger partial charge < -0.3 is 14.6 Å². The fourth-order valence-electron chi connectivity index (χ4n) is 3.71. The van der Waals surface area contributed by atoms with E-state index in [1.54, 1.807) is 0 Å². The van der Waals surface area contributed by atoms with E-state index in [1.807, 2.05) is 18.7 Å². The van der Waals surface area contributed by atoms with Crippen molar-refractivity contribution in [3.63, 3.8) is 0 Å². The maximum atomic E-state index is 13.1. The van der Waals surface area contributed by atoms with Gasteiger partial charge in [-0.25, -0.2) is 0 Å². The summed E-state index contributed by atoms with van der Waals surface area (Å²) in [5.41, 5.74) is 5.25. The lowest BCUT2D eigenvalue weighted by Crippen LogP contribution is -2.40. The molecule has 0 spiro atoms. The number of nitrogens with one attached hydrogen (secondary N) is 1. The van der Waals surface area contributed by atoms with E-state index in [-0.39, 0.29) is 12.0 Å². The van der Waals surface area contributed by atoms with E-state index in [1.165, 1.54) is 17.5 Å². The van der Waals surface area contributed by atoms with Crippen LogP contribution in [0.5, 0.6) is 0 Å². The molecule has 3 rings (SSSR count). The highest BCUT2D eigenvalue weighted by atomic mass is 16.5. The Morgan fingerprint density at radius 3 is 2.75 bits per heavy atom. The van der Waals surface area contributed by atoms with Gasteiger partial charge in [0.2, 0.25) is 0 Å². The standard InChI is InChI=1S/C20H28N2O2/c1-5-22(12-16-8-6-7-9-24-16)20(23)19-15(4)17-11-13(2)10-14(3)18(17)21-19/h10-11,16,21H,5-9,12H2,1-4H3/t16-/m0/s1. The van der Waals surface area contributed by atoms with Crippen LogP contribution in [-0.4, -0.2) is 41.6 Å². The molecule has 1 atom stereocenters. The van der Waals surface area contributed by atoms with Crippen molar-refractivity contribution >= 4 is 16.8 Å². The number of hydrogen-bond donors (Lipinski definition) is 1. The van der Waals surface area contributed by atoms with Crippen molar-refractivity contribution in [3.8, 4) is 0 Å². The van der Waals surface area contributed by atoms with Crippen LogP contribution in [0.25, 0.3) is 10.9 Å². The molecule has 4 nitrogen and oxygen atoms in total. The Bertz CT molecular complexity index is 742. The average Bonchev–Trinajstić information content (AvgIpc) is 2.90. The van der Waals surface area contributed by atoms with E-state index in [9.17, 15) is 4.79 Å². The first-order chi connectivity index (χ1) is 11.5. The number of fused-ring (bicyclic) bond motifs is 1. The highest BCUT2D eigenvalue weighted by Gasteiger charge is 2.24. The number of benzene rings is 1. The predicted octanol–water partition coefficient (Wildman–Crippen LogP) is 4.12. The Labute approximate surface area is 144 Å². The molecule has 1 aromatic carbocycles. The van der Waals surface area contributed by atoms with Crippen molar-refractivity contribution in [3.05, 3.63) is 34.5 Å². The molecule has 0 radical (unpaired) electrons. The first-order valence-electron chi connectivity index (χ1n) is 9.01. The molecule has 1 aliphatic heterocycles. The molecule has 1 saturated heterocycles. The zero-order valence-electron chi connectivity index (χ0n) is 15.2. The van der Waals surface area contributed by atoms with Gasteiger partial charge in [-0.1, -0.05) is 11.6 Å². The molecule has 1 fully saturated rings. The number of aromatic amines is 1. The average molecular weight is 328 g/mol. The molecule has 2 heterocycles. The van der Waals surface area contributed by atoms with Gasteiger partial charge in [0.1, 0.15) is 5.69 Å². The summed E-state index contributed by atoms with van der Waals surface area (Å²) in [4.78, 5) is 18.4. The van der Waals surface area contributed by atoms with Gasteiger partial charge in [-0.3, -0.25) is 4.79 Å². The summed E-state index contributed by atoms with van der Waals surface area (Å²) in [5.74, 6) is 0.0810. The Kier molecular flexibility index (Phi) is 4.95. The van der Waals surface area contributed by atoms with Crippen molar-refractivity contribution in [2.45, 2.75) is 53.1 Å². The van der Waals surface area contributed by atoms with Gasteiger partial charge in [0.05, 0.1) is 6.10 Å². The number of rotatable bonds is 4. The third-order valence-corrected chi connectivity index (χ3v) is 5.09. The number of nitrogens with zero attached hydrogens (tertiary/aromatic N) is 1. The fourth-order valence-corrected chi connectivity index (χ4v) is 3.71. The summed E-state index contributed by atoms with van der Waals surface area (Å²) in [7, 11) is 0. The third kappa shape index (κ3) is 3.20. The van der Waals surface area contributed by atoms with Crippen molar-refractivity contribution in [1.82, 2.24) is 9.88 Å². The number of aryl methyl sites for hydroxylation is 3. The molecule has 0 unspecified atom stereocenters. The van der Waals surface area contributed by atoms with E-state index < -0.39 is 0 Å². The molecule has 0 saturated carbocycles. The number of carbonyl (C=O) groups is 1. The summed E-state index contributed by atoms with van der Waals surface area (Å²) in [6, 6.07) is 4.31. The number of amides is 1. The smallest absolute Gasteiger partial charge is 0.270 e. The second-order valence-corrected chi connectivity index (χ2v) is 6.96. The summed E-state index contributed by atoms with van der Waals surface area (Å²) >= 11 is 0. The molecule has 1 amide bonds. The Balaban J connectivity index is 1.88. The molecule has 4 heteroatoms. The summed E-state index contributed by atoms with van der Waals surface area (Å²) in [6.07, 6.45) is 3.56. The van der Waals surface area contributed by atoms with Gasteiger partial charge >= 0.3 is 0 Å². The monoisotopic (exact) mass is 328 g/mol. The van der Waals surface area contributed by atoms with Crippen LogP contribution in [0.15, 0.2) is 12.1 Å². The molecule has 0 aliphatic carbocycles. The van der Waals surface area contributed by atoms with Crippen LogP contribution in [0.2, 0.25) is 0 Å². The Morgan fingerprint density at radius 1 is 1.29 bits per heavy atom. The summed E-state index contributed by atoms with van der Waals surface area (Å²) in [6.45, 7) is 10.5. The molecule has 130 valence electrons. The van der Waals surface area contributed by atoms with Crippen molar-refractivity contribution in [2.24, 2.45) is 0 Å². The molecule has 1 N–H and O–H groups in total. The Hall–Kier alpha value is -1.81. The van der Waals surface area contributed by atoms with Gasteiger partial charge in [-0.2, -0.15) is 0 Å². The quantitative estimate of drug-likeness (QED) is 0.917. The number of aromatic nitrogens is 1. The minimum Gasteiger partial charge on any atom is -0.376 e. The summed E-state index contributed by atoms with van der Waals surface area (Å²) in [5, 5.41) is 1.15. The van der Waals surface area contributed by atoms with Crippen LogP contribution < -0.4 is 0 Å². The first kappa shape index (κ1) is 17.0. The highest BCUT2D eigenvalue weighted by Crippen LogP contribution is 2.27. The van der Waals surface area contributed by atoms with Crippen molar-refractivity contribution in [2.75, 3.05) is 19.7 Å². The van der Waals surface area contributed by atoms with Gasteiger partial charge in [0.25, 0.3) is 5.91 Å². The lowest BCUT2D eigenvalue weighted by Gasteiger charge is -2.29. The predicted molar refractivity (Wildman–Crippen MR) is 97.7 cm³/mol. The maximum Gasteiger partial charge on any atom is 0.270 e. The fraction of sp³-hybridized carbons (Fsp3) is 0.550. The van der Waals surface area contributed by atoms with Crippen molar-refractivity contribution < 1.29 is 9.53 Å². The van der Waals surface area contributed by atoms with Gasteiger partial charge in [-0.05, 0) is 64.2 Å². The van der Waals surface area contributed by atoms with Crippen LogP contribution in [0.4, 0.5) is 0 Å². The van der Waals surface area contributed by atoms with E-state index in [2.05, 4.69) is 31.0 Å². The second-order valence-electron chi connectivity index (χ2n) is 6.96. The second kappa shape index (κ2) is 6.98. The minimum atomic E-state index is 0.0810. The topological polar surface area (TPSA) is 45.3 Å². The molecule has 2 aromatic rings. The van der Waals surface area contributed by atoms with Crippen LogP contribution in [0.3, 0.4) is 0 Å². The number of ether oxygens (including phenoxy) is 1. The SMILES string of the molecule is CCN(C[C@@H]1CCCCO1)C(=O)c1[nH]c2c(C)cc(C)cc2c1C. The molecule has 0 bridgehead atoms. The lowest BCUT2D eigenvalue weighted by molar-refractivity contribution is -0.00322. The van der Waals surface area contributed by atoms with E-state index >= 15 is 0 Å². The molecular weight excluding hydrogens is 300 g/mol. The zero-order chi connectivity index (χ0) is 17.3. The molecule has 1 aliphatic rings. The van der Waals surface area contributed by atoms with E-state index in [0.717, 1.165) is 41.6 Å². The molecule has 24 heavy (non-hydrogen) atoms. The number of carbonyl (C=O) groups excluding carboxylic acids is 1. The van der Waals surface area contributed by atoms with Crippen LogP contribution in [0.1, 0.15) is 53.4 Å². The normalized spacial score (nSPS) is 18.1. The Morgan fingerprint density at radius 2 is 2.08 bits per heavy atom.